The van der Waals surface area contributed by atoms with E-state index in [2.05, 4.69) is 11.4 Å². The average molecular weight is 236 g/mol. The van der Waals surface area contributed by atoms with Crippen molar-refractivity contribution in [2.24, 2.45) is 0 Å². The standard InChI is InChI=1S/C12H16N2O3/c15-11-9-1-2-10(17-9)12(16)14(11)7-8-3-5-13-6-4-8/h3,9-10,13H,1-2,4-7H2. The van der Waals surface area contributed by atoms with E-state index in [0.717, 1.165) is 19.5 Å². The van der Waals surface area contributed by atoms with Crippen LogP contribution in [0.5, 0.6) is 0 Å². The van der Waals surface area contributed by atoms with Gasteiger partial charge >= 0.3 is 0 Å². The minimum Gasteiger partial charge on any atom is -0.355 e. The fourth-order valence-corrected chi connectivity index (χ4v) is 2.63. The summed E-state index contributed by atoms with van der Waals surface area (Å²) in [6.07, 6.45) is 3.60. The van der Waals surface area contributed by atoms with E-state index in [1.807, 2.05) is 0 Å². The fourth-order valence-electron chi connectivity index (χ4n) is 2.63. The molecule has 0 aromatic rings. The molecule has 0 saturated carbocycles. The number of nitrogens with one attached hydrogen (secondary N) is 1. The van der Waals surface area contributed by atoms with Crippen molar-refractivity contribution in [3.8, 4) is 0 Å². The number of carbonyl (C=O) groups excluding carboxylic acids is 2. The molecule has 0 aliphatic carbocycles. The Morgan fingerprint density at radius 1 is 1.29 bits per heavy atom. The van der Waals surface area contributed by atoms with Gasteiger partial charge in [-0.25, -0.2) is 0 Å². The summed E-state index contributed by atoms with van der Waals surface area (Å²) >= 11 is 0. The van der Waals surface area contributed by atoms with Crippen molar-refractivity contribution >= 4 is 11.8 Å². The van der Waals surface area contributed by atoms with Crippen molar-refractivity contribution in [3.05, 3.63) is 11.6 Å². The molecular formula is C12H16N2O3. The largest absolute Gasteiger partial charge is 0.355 e. The van der Waals surface area contributed by atoms with Crippen molar-refractivity contribution < 1.29 is 14.3 Å². The topological polar surface area (TPSA) is 58.6 Å². The summed E-state index contributed by atoms with van der Waals surface area (Å²) in [4.78, 5) is 25.4. The molecule has 92 valence electrons. The molecule has 5 nitrogen and oxygen atoms in total. The van der Waals surface area contributed by atoms with Crippen molar-refractivity contribution in [2.45, 2.75) is 31.5 Å². The zero-order valence-corrected chi connectivity index (χ0v) is 9.65. The molecule has 5 heteroatoms. The van der Waals surface area contributed by atoms with Crippen LogP contribution in [0.25, 0.3) is 0 Å². The molecule has 2 atom stereocenters. The lowest BCUT2D eigenvalue weighted by atomic mass is 10.1. The third kappa shape index (κ3) is 1.89. The second-order valence-corrected chi connectivity index (χ2v) is 4.77. The van der Waals surface area contributed by atoms with Crippen LogP contribution < -0.4 is 5.32 Å². The third-order valence-electron chi connectivity index (χ3n) is 3.62. The zero-order valence-electron chi connectivity index (χ0n) is 9.65. The number of ether oxygens (including phenoxy) is 1. The molecule has 0 spiro atoms. The van der Waals surface area contributed by atoms with Crippen molar-refractivity contribution in [1.82, 2.24) is 10.2 Å². The summed E-state index contributed by atoms with van der Waals surface area (Å²) < 4.78 is 5.37. The zero-order chi connectivity index (χ0) is 11.8. The highest BCUT2D eigenvalue weighted by molar-refractivity contribution is 6.02. The van der Waals surface area contributed by atoms with Gasteiger partial charge in [-0.1, -0.05) is 11.6 Å². The van der Waals surface area contributed by atoms with Crippen LogP contribution in [0.3, 0.4) is 0 Å². The number of imide groups is 1. The summed E-state index contributed by atoms with van der Waals surface area (Å²) in [5.74, 6) is -0.300. The number of fused-ring (bicyclic) bond motifs is 2. The number of morpholine rings is 1. The molecule has 0 radical (unpaired) electrons. The predicted octanol–water partition coefficient (Wildman–Crippen LogP) is -0.177. The molecular weight excluding hydrogens is 220 g/mol. The monoisotopic (exact) mass is 236 g/mol. The first kappa shape index (κ1) is 10.9. The molecule has 17 heavy (non-hydrogen) atoms. The highest BCUT2D eigenvalue weighted by atomic mass is 16.5. The van der Waals surface area contributed by atoms with Gasteiger partial charge in [0.25, 0.3) is 11.8 Å². The molecule has 2 amide bonds. The molecule has 2 unspecified atom stereocenters. The fraction of sp³-hybridized carbons (Fsp3) is 0.667. The van der Waals surface area contributed by atoms with E-state index >= 15 is 0 Å². The lowest BCUT2D eigenvalue weighted by Crippen LogP contribution is -2.52. The summed E-state index contributed by atoms with van der Waals surface area (Å²) in [6.45, 7) is 2.20. The van der Waals surface area contributed by atoms with Gasteiger partial charge in [-0.2, -0.15) is 0 Å². The lowest BCUT2D eigenvalue weighted by molar-refractivity contribution is -0.167. The molecule has 2 saturated heterocycles. The molecule has 3 aliphatic heterocycles. The highest BCUT2D eigenvalue weighted by Gasteiger charge is 2.46. The van der Waals surface area contributed by atoms with Gasteiger partial charge in [-0.05, 0) is 25.8 Å². The van der Waals surface area contributed by atoms with Crippen LogP contribution in [-0.2, 0) is 14.3 Å². The van der Waals surface area contributed by atoms with E-state index in [-0.39, 0.29) is 24.0 Å². The van der Waals surface area contributed by atoms with Crippen LogP contribution in [0.15, 0.2) is 11.6 Å². The van der Waals surface area contributed by atoms with Crippen LogP contribution in [0.1, 0.15) is 19.3 Å². The Morgan fingerprint density at radius 2 is 2.00 bits per heavy atom. The van der Waals surface area contributed by atoms with Crippen LogP contribution >= 0.6 is 0 Å². The number of hydrogen-bond acceptors (Lipinski definition) is 4. The molecule has 2 bridgehead atoms. The number of amides is 2. The normalized spacial score (nSPS) is 32.9. The molecule has 3 heterocycles. The van der Waals surface area contributed by atoms with E-state index in [1.54, 1.807) is 0 Å². The quantitative estimate of drug-likeness (QED) is 0.534. The van der Waals surface area contributed by atoms with Gasteiger partial charge < -0.3 is 10.1 Å². The van der Waals surface area contributed by atoms with E-state index in [4.69, 9.17) is 4.74 Å². The van der Waals surface area contributed by atoms with Gasteiger partial charge in [0, 0.05) is 13.1 Å². The maximum atomic E-state index is 12.0. The number of hydrogen-bond donors (Lipinski definition) is 1. The predicted molar refractivity (Wildman–Crippen MR) is 60.2 cm³/mol. The first-order valence-corrected chi connectivity index (χ1v) is 6.15. The summed E-state index contributed by atoms with van der Waals surface area (Å²) in [5.41, 5.74) is 1.17. The SMILES string of the molecule is O=C1C2CCC(O2)C(=O)N1CC1=CCNCC1. The molecule has 0 aromatic heterocycles. The second-order valence-electron chi connectivity index (χ2n) is 4.77. The maximum absolute atomic E-state index is 12.0. The Bertz CT molecular complexity index is 369. The Kier molecular flexibility index (Phi) is 2.72. The average Bonchev–Trinajstić information content (AvgIpc) is 2.81. The molecule has 2 fully saturated rings. The van der Waals surface area contributed by atoms with E-state index < -0.39 is 0 Å². The third-order valence-corrected chi connectivity index (χ3v) is 3.62. The molecule has 0 aromatic carbocycles. The molecule has 1 N–H and O–H groups in total. The Balaban J connectivity index is 1.75. The van der Waals surface area contributed by atoms with Crippen molar-refractivity contribution in [3.63, 3.8) is 0 Å². The highest BCUT2D eigenvalue weighted by Crippen LogP contribution is 2.29. The Labute approximate surface area is 99.8 Å². The second kappa shape index (κ2) is 4.23. The van der Waals surface area contributed by atoms with E-state index in [9.17, 15) is 9.59 Å². The minimum absolute atomic E-state index is 0.150. The molecule has 3 aliphatic rings. The Morgan fingerprint density at radius 3 is 2.59 bits per heavy atom. The number of likely N-dealkylation sites (tertiary alicyclic amines) is 1. The number of carbonyl (C=O) groups is 2. The van der Waals surface area contributed by atoms with Gasteiger partial charge in [0.05, 0.1) is 0 Å². The summed E-state index contributed by atoms with van der Waals surface area (Å²) in [5, 5.41) is 3.21. The van der Waals surface area contributed by atoms with Crippen LogP contribution in [0.4, 0.5) is 0 Å². The van der Waals surface area contributed by atoms with E-state index in [1.165, 1.54) is 10.5 Å². The first-order chi connectivity index (χ1) is 8.25. The number of rotatable bonds is 2. The van der Waals surface area contributed by atoms with Crippen LogP contribution in [-0.4, -0.2) is 48.6 Å². The van der Waals surface area contributed by atoms with Crippen molar-refractivity contribution in [2.75, 3.05) is 19.6 Å². The van der Waals surface area contributed by atoms with Gasteiger partial charge in [-0.3, -0.25) is 14.5 Å². The van der Waals surface area contributed by atoms with Gasteiger partial charge in [0.1, 0.15) is 12.2 Å². The van der Waals surface area contributed by atoms with Crippen LogP contribution in [0.2, 0.25) is 0 Å². The van der Waals surface area contributed by atoms with Gasteiger partial charge in [0.2, 0.25) is 0 Å². The number of nitrogens with zero attached hydrogens (tertiary/aromatic N) is 1. The van der Waals surface area contributed by atoms with E-state index in [0.29, 0.717) is 19.4 Å². The Hall–Kier alpha value is -1.20. The maximum Gasteiger partial charge on any atom is 0.258 e. The summed E-state index contributed by atoms with van der Waals surface area (Å²) in [6, 6.07) is 0. The first-order valence-electron chi connectivity index (χ1n) is 6.15. The van der Waals surface area contributed by atoms with Gasteiger partial charge in [0.15, 0.2) is 0 Å². The van der Waals surface area contributed by atoms with Gasteiger partial charge in [-0.15, -0.1) is 0 Å². The minimum atomic E-state index is -0.375. The van der Waals surface area contributed by atoms with Crippen LogP contribution in [0, 0.1) is 0 Å². The molecule has 3 rings (SSSR count). The van der Waals surface area contributed by atoms with Crippen molar-refractivity contribution in [1.29, 1.82) is 0 Å². The smallest absolute Gasteiger partial charge is 0.258 e. The lowest BCUT2D eigenvalue weighted by Gasteiger charge is -2.31. The summed E-state index contributed by atoms with van der Waals surface area (Å²) in [7, 11) is 0.